The third-order valence-corrected chi connectivity index (χ3v) is 0.444. The Bertz CT molecular complexity index is 81.4. The monoisotopic (exact) mass is 285 g/mol. The van der Waals surface area contributed by atoms with Crippen LogP contribution in [0.3, 0.4) is 0 Å². The van der Waals surface area contributed by atoms with Gasteiger partial charge in [0.05, 0.1) is 7.11 Å². The fourth-order valence-corrected chi connectivity index (χ4v) is 0.131. The van der Waals surface area contributed by atoms with Crippen molar-refractivity contribution in [3.05, 3.63) is 0 Å². The smallest absolute Gasteiger partial charge is 0.278 e. The summed E-state index contributed by atoms with van der Waals surface area (Å²) in [6.45, 7) is 0. The summed E-state index contributed by atoms with van der Waals surface area (Å²) < 4.78 is 4.09. The molecule has 46 valence electrons. The fourth-order valence-electron chi connectivity index (χ4n) is 0.131. The van der Waals surface area contributed by atoms with Crippen molar-refractivity contribution < 1.29 is 35.4 Å². The molecule has 0 saturated carbocycles. The van der Waals surface area contributed by atoms with Crippen LogP contribution in [0.5, 0.6) is 0 Å². The van der Waals surface area contributed by atoms with Crippen LogP contribution in [0.4, 0.5) is 0 Å². The van der Waals surface area contributed by atoms with Gasteiger partial charge in [0, 0.05) is 21.1 Å². The minimum atomic E-state index is -0.546. The number of esters is 1. The summed E-state index contributed by atoms with van der Waals surface area (Å²) in [6, 6.07) is 0. The van der Waals surface area contributed by atoms with Crippen LogP contribution in [0.15, 0.2) is 0 Å². The van der Waals surface area contributed by atoms with Gasteiger partial charge in [-0.05, 0) is 0 Å². The van der Waals surface area contributed by atoms with E-state index in [1.54, 1.807) is 0 Å². The molecule has 0 atom stereocenters. The molecule has 0 radical (unpaired) electrons. The zero-order chi connectivity index (χ0) is 5.70. The second-order valence-electron chi connectivity index (χ2n) is 0.897. The van der Waals surface area contributed by atoms with Crippen LogP contribution < -0.4 is 0 Å². The van der Waals surface area contributed by atoms with E-state index in [2.05, 4.69) is 4.74 Å². The van der Waals surface area contributed by atoms with E-state index in [4.69, 9.17) is 0 Å². The number of rotatable bonds is 2. The van der Waals surface area contributed by atoms with Gasteiger partial charge >= 0.3 is 0 Å². The molecule has 0 aliphatic carbocycles. The van der Waals surface area contributed by atoms with Gasteiger partial charge in [0.1, 0.15) is 0 Å². The molecule has 0 rings (SSSR count). The first-order valence-corrected chi connectivity index (χ1v) is 1.73. The molecule has 0 spiro atoms. The first-order valence-electron chi connectivity index (χ1n) is 1.73. The van der Waals surface area contributed by atoms with E-state index in [1.807, 2.05) is 0 Å². The first-order chi connectivity index (χ1) is 3.31. The SMILES string of the molecule is COC(=O)C[C-]=O.[W]. The Morgan fingerprint density at radius 1 is 1.75 bits per heavy atom. The number of carbonyl (C=O) groups excluding carboxylic acids is 2. The number of methoxy groups -OCH3 is 1. The van der Waals surface area contributed by atoms with Gasteiger partial charge in [-0.25, -0.2) is 0 Å². The molecule has 4 heteroatoms. The van der Waals surface area contributed by atoms with Crippen LogP contribution >= 0.6 is 0 Å². The van der Waals surface area contributed by atoms with Crippen molar-refractivity contribution in [3.63, 3.8) is 0 Å². The molecule has 8 heavy (non-hydrogen) atoms. The molecule has 0 aromatic heterocycles. The number of carbonyl (C=O) groups is 1. The van der Waals surface area contributed by atoms with Crippen LogP contribution in [-0.4, -0.2) is 19.4 Å². The second-order valence-corrected chi connectivity index (χ2v) is 0.897. The second kappa shape index (κ2) is 6.83. The molecular weight excluding hydrogens is 280 g/mol. The Morgan fingerprint density at radius 3 is 2.38 bits per heavy atom. The minimum absolute atomic E-state index is 0. The molecule has 3 nitrogen and oxygen atoms in total. The summed E-state index contributed by atoms with van der Waals surface area (Å²) in [5.41, 5.74) is 0. The molecule has 0 saturated heterocycles. The van der Waals surface area contributed by atoms with Crippen molar-refractivity contribution in [1.29, 1.82) is 0 Å². The van der Waals surface area contributed by atoms with Gasteiger partial charge in [0.25, 0.3) is 5.97 Å². The topological polar surface area (TPSA) is 43.4 Å². The molecular formula is C4H5O3W-. The molecule has 0 bridgehead atoms. The van der Waals surface area contributed by atoms with Crippen molar-refractivity contribution in [2.75, 3.05) is 7.11 Å². The largest absolute Gasteiger partial charge is 0.541 e. The van der Waals surface area contributed by atoms with E-state index in [1.165, 1.54) is 13.4 Å². The molecule has 0 fully saturated rings. The molecule has 0 amide bonds. The maximum absolute atomic E-state index is 9.93. The average Bonchev–Trinajstić information content (AvgIpc) is 1.68. The zero-order valence-electron chi connectivity index (χ0n) is 4.34. The van der Waals surface area contributed by atoms with Gasteiger partial charge in [-0.1, -0.05) is 6.42 Å². The summed E-state index contributed by atoms with van der Waals surface area (Å²) in [5.74, 6) is -0.546. The van der Waals surface area contributed by atoms with E-state index in [0.717, 1.165) is 0 Å². The molecule has 0 aliphatic heterocycles. The van der Waals surface area contributed by atoms with E-state index in [-0.39, 0.29) is 27.5 Å². The summed E-state index contributed by atoms with van der Waals surface area (Å²) in [6.07, 6.45) is 1.13. The molecule has 0 heterocycles. The van der Waals surface area contributed by atoms with Gasteiger partial charge < -0.3 is 9.53 Å². The summed E-state index contributed by atoms with van der Waals surface area (Å²) >= 11 is 0. The van der Waals surface area contributed by atoms with Gasteiger partial charge in [-0.15, -0.1) is 0 Å². The molecule has 0 unspecified atom stereocenters. The number of ether oxygens (including phenoxy) is 1. The van der Waals surface area contributed by atoms with E-state index < -0.39 is 5.97 Å². The third kappa shape index (κ3) is 5.83. The average molecular weight is 285 g/mol. The van der Waals surface area contributed by atoms with E-state index >= 15 is 0 Å². The Hall–Kier alpha value is -0.172. The fraction of sp³-hybridized carbons (Fsp3) is 0.500. The first kappa shape index (κ1) is 10.7. The predicted molar refractivity (Wildman–Crippen MR) is 22.3 cm³/mol. The van der Waals surface area contributed by atoms with Crippen LogP contribution in [0.2, 0.25) is 0 Å². The van der Waals surface area contributed by atoms with Crippen LogP contribution in [0.25, 0.3) is 0 Å². The Kier molecular flexibility index (Phi) is 9.17. The van der Waals surface area contributed by atoms with Crippen LogP contribution in [0.1, 0.15) is 6.42 Å². The van der Waals surface area contributed by atoms with Crippen molar-refractivity contribution >= 4 is 12.3 Å². The molecule has 0 N–H and O–H groups in total. The predicted octanol–water partition coefficient (Wildman–Crippen LogP) is -0.343. The van der Waals surface area contributed by atoms with Gasteiger partial charge in [-0.3, -0.25) is 11.1 Å². The Morgan fingerprint density at radius 2 is 2.25 bits per heavy atom. The Balaban J connectivity index is 0. The van der Waals surface area contributed by atoms with Crippen molar-refractivity contribution in [2.24, 2.45) is 0 Å². The van der Waals surface area contributed by atoms with Crippen LogP contribution in [0, 0.1) is 0 Å². The van der Waals surface area contributed by atoms with Crippen LogP contribution in [-0.2, 0) is 35.4 Å². The van der Waals surface area contributed by atoms with Gasteiger partial charge in [0.15, 0.2) is 0 Å². The summed E-state index contributed by atoms with van der Waals surface area (Å²) in [4.78, 5) is 19.3. The van der Waals surface area contributed by atoms with Crippen molar-refractivity contribution in [2.45, 2.75) is 6.42 Å². The van der Waals surface area contributed by atoms with Gasteiger partial charge in [-0.2, -0.15) is 0 Å². The third-order valence-electron chi connectivity index (χ3n) is 0.444. The Labute approximate surface area is 61.7 Å². The maximum atomic E-state index is 9.93. The molecule has 0 aliphatic rings. The van der Waals surface area contributed by atoms with E-state index in [9.17, 15) is 9.59 Å². The van der Waals surface area contributed by atoms with Crippen molar-refractivity contribution in [1.82, 2.24) is 0 Å². The van der Waals surface area contributed by atoms with Gasteiger partial charge in [0.2, 0.25) is 0 Å². The summed E-state index contributed by atoms with van der Waals surface area (Å²) in [5, 5.41) is 0. The van der Waals surface area contributed by atoms with E-state index in [0.29, 0.717) is 0 Å². The number of hydrogen-bond donors (Lipinski definition) is 0. The maximum Gasteiger partial charge on any atom is 0.278 e. The quantitative estimate of drug-likeness (QED) is 0.396. The minimum Gasteiger partial charge on any atom is -0.541 e. The number of hydrogen-bond acceptors (Lipinski definition) is 3. The van der Waals surface area contributed by atoms with Crippen molar-refractivity contribution in [3.8, 4) is 0 Å². The standard InChI is InChI=1S/C4H5O3.W/c1-7-4(6)2-3-5;/h2H2,1H3;/q-1;. The summed E-state index contributed by atoms with van der Waals surface area (Å²) in [7, 11) is 1.22. The zero-order valence-corrected chi connectivity index (χ0v) is 7.27. The molecule has 0 aromatic carbocycles. The normalized spacial score (nSPS) is 6.62. The molecule has 0 aromatic rings.